The van der Waals surface area contributed by atoms with Crippen LogP contribution in [-0.2, 0) is 13.1 Å². The molecular formula is C24H29N5O. The Hall–Kier alpha value is -2.99. The second-order valence-electron chi connectivity index (χ2n) is 8.23. The fourth-order valence-corrected chi connectivity index (χ4v) is 4.07. The van der Waals surface area contributed by atoms with Crippen LogP contribution in [-0.4, -0.2) is 38.7 Å². The molecule has 0 aliphatic carbocycles. The molecule has 156 valence electrons. The van der Waals surface area contributed by atoms with E-state index in [-0.39, 0.29) is 5.91 Å². The molecule has 1 aliphatic heterocycles. The average molecular weight is 404 g/mol. The van der Waals surface area contributed by atoms with Gasteiger partial charge in [-0.15, -0.1) is 0 Å². The van der Waals surface area contributed by atoms with Gasteiger partial charge < -0.3 is 5.32 Å². The Bertz CT molecular complexity index is 981. The molecule has 1 atom stereocenters. The van der Waals surface area contributed by atoms with E-state index in [2.05, 4.69) is 51.5 Å². The monoisotopic (exact) mass is 403 g/mol. The summed E-state index contributed by atoms with van der Waals surface area (Å²) in [6.07, 6.45) is 5.95. The number of benzene rings is 1. The molecule has 4 rings (SSSR count). The second-order valence-corrected chi connectivity index (χ2v) is 8.23. The van der Waals surface area contributed by atoms with Gasteiger partial charge in [-0.2, -0.15) is 5.10 Å². The number of pyridine rings is 1. The van der Waals surface area contributed by atoms with Crippen molar-refractivity contribution in [3.63, 3.8) is 0 Å². The first kappa shape index (κ1) is 20.3. The Kier molecular flexibility index (Phi) is 6.23. The number of hydrogen-bond donors (Lipinski definition) is 1. The molecule has 0 bridgehead atoms. The maximum absolute atomic E-state index is 12.7. The molecule has 2 aromatic heterocycles. The van der Waals surface area contributed by atoms with Crippen LogP contribution in [0.1, 0.15) is 46.9 Å². The van der Waals surface area contributed by atoms with Gasteiger partial charge in [0, 0.05) is 25.8 Å². The molecule has 6 heteroatoms. The number of hydrogen-bond acceptors (Lipinski definition) is 4. The maximum Gasteiger partial charge on any atom is 0.255 e. The van der Waals surface area contributed by atoms with Crippen LogP contribution >= 0.6 is 0 Å². The fraction of sp³-hybridized carbons (Fsp3) is 0.375. The van der Waals surface area contributed by atoms with E-state index in [1.165, 1.54) is 31.5 Å². The van der Waals surface area contributed by atoms with Crippen LogP contribution < -0.4 is 5.32 Å². The number of nitrogens with zero attached hydrogens (tertiary/aromatic N) is 4. The Morgan fingerprint density at radius 3 is 2.70 bits per heavy atom. The topological polar surface area (TPSA) is 63.1 Å². The first-order valence-corrected chi connectivity index (χ1v) is 10.6. The zero-order valence-electron chi connectivity index (χ0n) is 17.7. The van der Waals surface area contributed by atoms with Gasteiger partial charge in [-0.1, -0.05) is 37.3 Å². The lowest BCUT2D eigenvalue weighted by Gasteiger charge is -2.30. The zero-order valence-corrected chi connectivity index (χ0v) is 17.7. The highest BCUT2D eigenvalue weighted by atomic mass is 16.1. The van der Waals surface area contributed by atoms with Gasteiger partial charge in [0.25, 0.3) is 5.91 Å². The SMILES string of the molecule is Cc1c(C(=O)NCc2ccc(CN3CCCC(C)C3)cc2)cnn1-c1ccccn1. The summed E-state index contributed by atoms with van der Waals surface area (Å²) in [6.45, 7) is 8.08. The number of piperidine rings is 1. The predicted octanol–water partition coefficient (Wildman–Crippen LogP) is 3.74. The van der Waals surface area contributed by atoms with Gasteiger partial charge in [0.1, 0.15) is 0 Å². The lowest BCUT2D eigenvalue weighted by Crippen LogP contribution is -2.33. The van der Waals surface area contributed by atoms with E-state index in [0.29, 0.717) is 17.9 Å². The predicted molar refractivity (Wildman–Crippen MR) is 117 cm³/mol. The van der Waals surface area contributed by atoms with Crippen LogP contribution in [0.3, 0.4) is 0 Å². The highest BCUT2D eigenvalue weighted by Gasteiger charge is 2.17. The summed E-state index contributed by atoms with van der Waals surface area (Å²) in [6, 6.07) is 14.2. The van der Waals surface area contributed by atoms with Gasteiger partial charge in [-0.25, -0.2) is 9.67 Å². The van der Waals surface area contributed by atoms with E-state index in [1.807, 2.05) is 25.1 Å². The number of likely N-dealkylation sites (tertiary alicyclic amines) is 1. The normalized spacial score (nSPS) is 17.1. The average Bonchev–Trinajstić information content (AvgIpc) is 3.15. The summed E-state index contributed by atoms with van der Waals surface area (Å²) >= 11 is 0. The summed E-state index contributed by atoms with van der Waals surface area (Å²) in [4.78, 5) is 19.5. The van der Waals surface area contributed by atoms with E-state index in [0.717, 1.165) is 23.7 Å². The minimum Gasteiger partial charge on any atom is -0.348 e. The van der Waals surface area contributed by atoms with Gasteiger partial charge in [0.05, 0.1) is 17.5 Å². The number of amides is 1. The van der Waals surface area contributed by atoms with E-state index in [9.17, 15) is 4.79 Å². The molecule has 3 heterocycles. The van der Waals surface area contributed by atoms with Crippen molar-refractivity contribution in [2.45, 2.75) is 39.8 Å². The highest BCUT2D eigenvalue weighted by molar-refractivity contribution is 5.95. The Morgan fingerprint density at radius 2 is 1.97 bits per heavy atom. The van der Waals surface area contributed by atoms with Crippen molar-refractivity contribution in [2.75, 3.05) is 13.1 Å². The smallest absolute Gasteiger partial charge is 0.255 e. The number of nitrogens with one attached hydrogen (secondary N) is 1. The number of carbonyl (C=O) groups is 1. The number of aromatic nitrogens is 3. The third-order valence-corrected chi connectivity index (χ3v) is 5.74. The summed E-state index contributed by atoms with van der Waals surface area (Å²) < 4.78 is 1.69. The Balaban J connectivity index is 1.33. The van der Waals surface area contributed by atoms with Crippen molar-refractivity contribution in [3.8, 4) is 5.82 Å². The standard InChI is InChI=1S/C24H29N5O/c1-18-6-5-13-28(16-18)17-21-10-8-20(9-11-21)14-26-24(30)22-15-27-29(19(22)2)23-7-3-4-12-25-23/h3-4,7-12,15,18H,5-6,13-14,16-17H2,1-2H3,(H,26,30). The summed E-state index contributed by atoms with van der Waals surface area (Å²) in [7, 11) is 0. The van der Waals surface area contributed by atoms with Gasteiger partial charge in [0.15, 0.2) is 5.82 Å². The molecule has 1 aliphatic rings. The summed E-state index contributed by atoms with van der Waals surface area (Å²) in [5, 5.41) is 7.33. The van der Waals surface area contributed by atoms with E-state index >= 15 is 0 Å². The van der Waals surface area contributed by atoms with Crippen molar-refractivity contribution < 1.29 is 4.79 Å². The van der Waals surface area contributed by atoms with Gasteiger partial charge in [-0.3, -0.25) is 9.69 Å². The number of rotatable bonds is 6. The fourth-order valence-electron chi connectivity index (χ4n) is 4.07. The number of carbonyl (C=O) groups excluding carboxylic acids is 1. The molecule has 1 N–H and O–H groups in total. The molecule has 0 saturated carbocycles. The van der Waals surface area contributed by atoms with Crippen LogP contribution in [0.25, 0.3) is 5.82 Å². The van der Waals surface area contributed by atoms with Crippen molar-refractivity contribution >= 4 is 5.91 Å². The largest absolute Gasteiger partial charge is 0.348 e. The Morgan fingerprint density at radius 1 is 1.17 bits per heavy atom. The molecule has 0 radical (unpaired) electrons. The third-order valence-electron chi connectivity index (χ3n) is 5.74. The van der Waals surface area contributed by atoms with Gasteiger partial charge in [-0.05, 0) is 55.5 Å². The highest BCUT2D eigenvalue weighted by Crippen LogP contribution is 2.18. The van der Waals surface area contributed by atoms with Crippen LogP contribution in [0.2, 0.25) is 0 Å². The molecule has 1 unspecified atom stereocenters. The van der Waals surface area contributed by atoms with Crippen molar-refractivity contribution in [2.24, 2.45) is 5.92 Å². The maximum atomic E-state index is 12.7. The van der Waals surface area contributed by atoms with Crippen molar-refractivity contribution in [1.29, 1.82) is 0 Å². The molecule has 30 heavy (non-hydrogen) atoms. The second kappa shape index (κ2) is 9.22. The minimum atomic E-state index is -0.124. The molecule has 1 aromatic carbocycles. The van der Waals surface area contributed by atoms with Gasteiger partial charge in [0.2, 0.25) is 0 Å². The first-order valence-electron chi connectivity index (χ1n) is 10.6. The quantitative estimate of drug-likeness (QED) is 0.681. The van der Waals surface area contributed by atoms with E-state index in [4.69, 9.17) is 0 Å². The van der Waals surface area contributed by atoms with E-state index < -0.39 is 0 Å². The van der Waals surface area contributed by atoms with Crippen molar-refractivity contribution in [1.82, 2.24) is 25.0 Å². The molecular weight excluding hydrogens is 374 g/mol. The zero-order chi connectivity index (χ0) is 20.9. The lowest BCUT2D eigenvalue weighted by molar-refractivity contribution is 0.0950. The van der Waals surface area contributed by atoms with Gasteiger partial charge >= 0.3 is 0 Å². The molecule has 1 amide bonds. The minimum absolute atomic E-state index is 0.124. The van der Waals surface area contributed by atoms with Crippen LogP contribution in [0, 0.1) is 12.8 Å². The summed E-state index contributed by atoms with van der Waals surface area (Å²) in [5.74, 6) is 1.37. The Labute approximate surface area is 177 Å². The molecule has 0 spiro atoms. The van der Waals surface area contributed by atoms with E-state index in [1.54, 1.807) is 17.1 Å². The molecule has 6 nitrogen and oxygen atoms in total. The molecule has 1 fully saturated rings. The molecule has 3 aromatic rings. The van der Waals surface area contributed by atoms with Crippen molar-refractivity contribution in [3.05, 3.63) is 77.2 Å². The first-order chi connectivity index (χ1) is 14.6. The summed E-state index contributed by atoms with van der Waals surface area (Å²) in [5.41, 5.74) is 3.76. The van der Waals surface area contributed by atoms with Crippen LogP contribution in [0.4, 0.5) is 0 Å². The van der Waals surface area contributed by atoms with Crippen LogP contribution in [0.15, 0.2) is 54.9 Å². The third kappa shape index (κ3) is 4.76. The van der Waals surface area contributed by atoms with Crippen LogP contribution in [0.5, 0.6) is 0 Å². The molecule has 1 saturated heterocycles. The lowest BCUT2D eigenvalue weighted by atomic mass is 9.99.